The molecular weight excluding hydrogens is 354 g/mol. The van der Waals surface area contributed by atoms with Gasteiger partial charge in [0, 0.05) is 34.3 Å². The normalized spacial score (nSPS) is 11.6. The summed E-state index contributed by atoms with van der Waals surface area (Å²) in [7, 11) is 2.04. The Morgan fingerprint density at radius 3 is 1.97 bits per heavy atom. The fourth-order valence-corrected chi connectivity index (χ4v) is 4.70. The summed E-state index contributed by atoms with van der Waals surface area (Å²) in [6.07, 6.45) is 0. The summed E-state index contributed by atoms with van der Waals surface area (Å²) in [5.41, 5.74) is 6.35. The lowest BCUT2D eigenvalue weighted by atomic mass is 10.1. The van der Waals surface area contributed by atoms with Gasteiger partial charge in [0.05, 0.1) is 27.6 Å². The number of fused-ring (bicyclic) bond motifs is 6. The highest BCUT2D eigenvalue weighted by atomic mass is 15.0. The van der Waals surface area contributed by atoms with Crippen LogP contribution in [0.5, 0.6) is 0 Å². The van der Waals surface area contributed by atoms with E-state index in [1.165, 1.54) is 27.2 Å². The second-order valence-electron chi connectivity index (χ2n) is 7.44. The van der Waals surface area contributed by atoms with Crippen LogP contribution in [-0.2, 0) is 7.05 Å². The molecule has 0 bridgehead atoms. The van der Waals surface area contributed by atoms with Gasteiger partial charge in [0.2, 0.25) is 0 Å². The number of para-hydroxylation sites is 3. The zero-order valence-electron chi connectivity index (χ0n) is 15.9. The van der Waals surface area contributed by atoms with Gasteiger partial charge in [0.25, 0.3) is 0 Å². The minimum atomic E-state index is 0.708. The van der Waals surface area contributed by atoms with Crippen LogP contribution in [0.4, 0.5) is 0 Å². The predicted molar refractivity (Wildman–Crippen MR) is 119 cm³/mol. The van der Waals surface area contributed by atoms with Crippen molar-refractivity contribution >= 4 is 43.6 Å². The standard InChI is InChI=1S/C26H17N3/c1-28-25-15-18(13-14-21(25)22-10-6-7-17(16-27)26(22)28)29-23-11-4-2-8-19(23)20-9-3-5-12-24(20)29/h2-15H,1H3. The molecule has 0 fully saturated rings. The average Bonchev–Trinajstić information content (AvgIpc) is 3.26. The van der Waals surface area contributed by atoms with Gasteiger partial charge < -0.3 is 9.13 Å². The Morgan fingerprint density at radius 1 is 0.655 bits per heavy atom. The first-order valence-electron chi connectivity index (χ1n) is 9.68. The van der Waals surface area contributed by atoms with Crippen LogP contribution in [-0.4, -0.2) is 9.13 Å². The minimum absolute atomic E-state index is 0.708. The van der Waals surface area contributed by atoms with E-state index < -0.39 is 0 Å². The smallest absolute Gasteiger partial charge is 0.101 e. The lowest BCUT2D eigenvalue weighted by Gasteiger charge is -2.09. The summed E-state index contributed by atoms with van der Waals surface area (Å²) in [4.78, 5) is 0. The molecule has 3 nitrogen and oxygen atoms in total. The van der Waals surface area contributed by atoms with Crippen molar-refractivity contribution in [3.8, 4) is 11.8 Å². The molecule has 0 unspecified atom stereocenters. The van der Waals surface area contributed by atoms with Crippen LogP contribution < -0.4 is 0 Å². The van der Waals surface area contributed by atoms with Crippen molar-refractivity contribution in [1.82, 2.24) is 9.13 Å². The van der Waals surface area contributed by atoms with E-state index in [4.69, 9.17) is 0 Å². The van der Waals surface area contributed by atoms with E-state index in [-0.39, 0.29) is 0 Å². The number of aryl methyl sites for hydroxylation is 1. The zero-order valence-corrected chi connectivity index (χ0v) is 15.9. The number of hydrogen-bond acceptors (Lipinski definition) is 1. The number of benzene rings is 4. The van der Waals surface area contributed by atoms with Gasteiger partial charge in [-0.05, 0) is 30.3 Å². The highest BCUT2D eigenvalue weighted by molar-refractivity contribution is 6.12. The van der Waals surface area contributed by atoms with Crippen molar-refractivity contribution in [2.24, 2.45) is 7.05 Å². The third kappa shape index (κ3) is 2.06. The topological polar surface area (TPSA) is 33.6 Å². The van der Waals surface area contributed by atoms with Crippen LogP contribution in [0.3, 0.4) is 0 Å². The maximum absolute atomic E-state index is 9.56. The molecule has 6 aromatic rings. The first-order chi connectivity index (χ1) is 14.3. The molecule has 0 aliphatic carbocycles. The molecule has 0 radical (unpaired) electrons. The molecule has 0 aliphatic heterocycles. The number of nitriles is 1. The Kier molecular flexibility index (Phi) is 3.16. The Bertz CT molecular complexity index is 1570. The molecule has 2 heterocycles. The molecule has 29 heavy (non-hydrogen) atoms. The first kappa shape index (κ1) is 16.0. The van der Waals surface area contributed by atoms with Crippen molar-refractivity contribution in [2.75, 3.05) is 0 Å². The van der Waals surface area contributed by atoms with E-state index in [1.54, 1.807) is 0 Å². The van der Waals surface area contributed by atoms with E-state index in [0.717, 1.165) is 22.1 Å². The molecule has 0 N–H and O–H groups in total. The predicted octanol–water partition coefficient (Wildman–Crippen LogP) is 6.30. The molecule has 0 amide bonds. The second-order valence-corrected chi connectivity index (χ2v) is 7.44. The van der Waals surface area contributed by atoms with Crippen LogP contribution in [0, 0.1) is 11.3 Å². The van der Waals surface area contributed by atoms with E-state index in [9.17, 15) is 5.26 Å². The van der Waals surface area contributed by atoms with Crippen LogP contribution in [0.15, 0.2) is 84.9 Å². The fourth-order valence-electron chi connectivity index (χ4n) is 4.70. The molecule has 0 spiro atoms. The molecule has 136 valence electrons. The van der Waals surface area contributed by atoms with Gasteiger partial charge in [-0.25, -0.2) is 0 Å². The van der Waals surface area contributed by atoms with Gasteiger partial charge in [-0.3, -0.25) is 0 Å². The number of nitrogens with zero attached hydrogens (tertiary/aromatic N) is 3. The van der Waals surface area contributed by atoms with E-state index in [0.29, 0.717) is 5.56 Å². The molecule has 6 rings (SSSR count). The Balaban J connectivity index is 1.74. The molecule has 0 saturated carbocycles. The maximum atomic E-state index is 9.56. The SMILES string of the molecule is Cn1c2cc(-n3c4ccccc4c4ccccc43)ccc2c2cccc(C#N)c21. The van der Waals surface area contributed by atoms with Crippen molar-refractivity contribution in [1.29, 1.82) is 5.26 Å². The lowest BCUT2D eigenvalue weighted by Crippen LogP contribution is -1.95. The zero-order chi connectivity index (χ0) is 19.5. The third-order valence-electron chi connectivity index (χ3n) is 5.96. The van der Waals surface area contributed by atoms with Gasteiger partial charge in [0.1, 0.15) is 6.07 Å². The van der Waals surface area contributed by atoms with Gasteiger partial charge in [-0.1, -0.05) is 54.6 Å². The summed E-state index contributed by atoms with van der Waals surface area (Å²) in [5, 5.41) is 14.4. The van der Waals surface area contributed by atoms with Crippen molar-refractivity contribution < 1.29 is 0 Å². The monoisotopic (exact) mass is 371 g/mol. The van der Waals surface area contributed by atoms with E-state index >= 15 is 0 Å². The number of rotatable bonds is 1. The Hall–Kier alpha value is -4.03. The van der Waals surface area contributed by atoms with E-state index in [2.05, 4.69) is 88.0 Å². The highest BCUT2D eigenvalue weighted by Gasteiger charge is 2.15. The largest absolute Gasteiger partial charge is 0.342 e. The van der Waals surface area contributed by atoms with Gasteiger partial charge in [0.15, 0.2) is 0 Å². The molecule has 0 atom stereocenters. The van der Waals surface area contributed by atoms with Crippen LogP contribution in [0.25, 0.3) is 49.3 Å². The van der Waals surface area contributed by atoms with E-state index in [1.807, 2.05) is 19.2 Å². The third-order valence-corrected chi connectivity index (χ3v) is 5.96. The number of aromatic nitrogens is 2. The molecule has 2 aromatic heterocycles. The lowest BCUT2D eigenvalue weighted by molar-refractivity contribution is 1.01. The van der Waals surface area contributed by atoms with Gasteiger partial charge >= 0.3 is 0 Å². The average molecular weight is 371 g/mol. The summed E-state index contributed by atoms with van der Waals surface area (Å²) in [6.45, 7) is 0. The fraction of sp³-hybridized carbons (Fsp3) is 0.0385. The molecule has 3 heteroatoms. The van der Waals surface area contributed by atoms with Crippen molar-refractivity contribution in [3.63, 3.8) is 0 Å². The Labute approximate surface area is 167 Å². The molecular formula is C26H17N3. The maximum Gasteiger partial charge on any atom is 0.101 e. The molecule has 0 aliphatic rings. The quantitative estimate of drug-likeness (QED) is 0.334. The summed E-state index contributed by atoms with van der Waals surface area (Å²) < 4.78 is 4.47. The first-order valence-corrected chi connectivity index (χ1v) is 9.68. The summed E-state index contributed by atoms with van der Waals surface area (Å²) in [5.74, 6) is 0. The van der Waals surface area contributed by atoms with Crippen LogP contribution in [0.2, 0.25) is 0 Å². The highest BCUT2D eigenvalue weighted by Crippen LogP contribution is 2.35. The minimum Gasteiger partial charge on any atom is -0.342 e. The van der Waals surface area contributed by atoms with Crippen LogP contribution in [0.1, 0.15) is 5.56 Å². The van der Waals surface area contributed by atoms with Gasteiger partial charge in [-0.2, -0.15) is 5.26 Å². The Morgan fingerprint density at radius 2 is 1.28 bits per heavy atom. The molecule has 0 saturated heterocycles. The number of hydrogen-bond donors (Lipinski definition) is 0. The van der Waals surface area contributed by atoms with Crippen molar-refractivity contribution in [2.45, 2.75) is 0 Å². The summed E-state index contributed by atoms with van der Waals surface area (Å²) in [6, 6.07) is 31.9. The van der Waals surface area contributed by atoms with Gasteiger partial charge in [-0.15, -0.1) is 0 Å². The second kappa shape index (κ2) is 5.73. The van der Waals surface area contributed by atoms with Crippen LogP contribution >= 0.6 is 0 Å². The van der Waals surface area contributed by atoms with Crippen molar-refractivity contribution in [3.05, 3.63) is 90.5 Å². The summed E-state index contributed by atoms with van der Waals surface area (Å²) >= 11 is 0. The molecule has 4 aromatic carbocycles.